The van der Waals surface area contributed by atoms with Crippen LogP contribution >= 0.6 is 0 Å². The second-order valence-electron chi connectivity index (χ2n) is 7.57. The Morgan fingerprint density at radius 2 is 1.83 bits per heavy atom. The van der Waals surface area contributed by atoms with Crippen LogP contribution in [0.1, 0.15) is 42.9 Å². The zero-order valence-corrected chi connectivity index (χ0v) is 16.6. The lowest BCUT2D eigenvalue weighted by molar-refractivity contribution is -0.142. The number of nitrogens with zero attached hydrogens (tertiary/aromatic N) is 2. The number of hydrogen-bond donors (Lipinski definition) is 0. The third-order valence-electron chi connectivity index (χ3n) is 5.56. The molecule has 2 saturated heterocycles. The Balaban J connectivity index is 1.32. The van der Waals surface area contributed by atoms with Crippen LogP contribution in [0.4, 0.5) is 4.79 Å². The first-order valence-electron chi connectivity index (χ1n) is 10.0. The fraction of sp³-hybridized carbons (Fsp3) is 0.455. The number of ether oxygens (including phenoxy) is 2. The predicted molar refractivity (Wildman–Crippen MR) is 105 cm³/mol. The summed E-state index contributed by atoms with van der Waals surface area (Å²) < 4.78 is 16.1. The Labute approximate surface area is 170 Å². The number of amides is 1. The molecule has 154 valence electrons. The van der Waals surface area contributed by atoms with Gasteiger partial charge in [0.1, 0.15) is 24.7 Å². The van der Waals surface area contributed by atoms with E-state index in [1.54, 1.807) is 0 Å². The van der Waals surface area contributed by atoms with Crippen molar-refractivity contribution < 1.29 is 23.5 Å². The summed E-state index contributed by atoms with van der Waals surface area (Å²) in [5.74, 6) is 1.18. The lowest BCUT2D eigenvalue weighted by Crippen LogP contribution is -2.45. The number of piperidine rings is 1. The second-order valence-corrected chi connectivity index (χ2v) is 7.57. The summed E-state index contributed by atoms with van der Waals surface area (Å²) in [6, 6.07) is 14.0. The van der Waals surface area contributed by atoms with Crippen LogP contribution in [0, 0.1) is 0 Å². The highest BCUT2D eigenvalue weighted by Gasteiger charge is 2.40. The maximum absolute atomic E-state index is 12.4. The van der Waals surface area contributed by atoms with Gasteiger partial charge in [0.25, 0.3) is 0 Å². The van der Waals surface area contributed by atoms with Crippen molar-refractivity contribution in [3.63, 3.8) is 0 Å². The fourth-order valence-corrected chi connectivity index (χ4v) is 4.10. The van der Waals surface area contributed by atoms with Gasteiger partial charge in [0, 0.05) is 26.1 Å². The van der Waals surface area contributed by atoms with E-state index in [2.05, 4.69) is 17.0 Å². The molecule has 2 aromatic rings. The molecule has 0 saturated carbocycles. The van der Waals surface area contributed by atoms with Crippen LogP contribution in [0.15, 0.2) is 46.9 Å². The smallest absolute Gasteiger partial charge is 0.410 e. The van der Waals surface area contributed by atoms with Crippen molar-refractivity contribution in [1.82, 2.24) is 9.80 Å². The number of carbonyl (C=O) groups is 2. The van der Waals surface area contributed by atoms with Gasteiger partial charge in [0.15, 0.2) is 0 Å². The summed E-state index contributed by atoms with van der Waals surface area (Å²) in [6.07, 6.45) is 1.59. The van der Waals surface area contributed by atoms with Crippen LogP contribution in [-0.2, 0) is 27.4 Å². The molecule has 0 bridgehead atoms. The SMILES string of the molecule is CC(=O)OCc1ccc(CN2CCC(N3C(=O)OC[C@H]3c3ccccc3)CC2)o1. The quantitative estimate of drug-likeness (QED) is 0.694. The average Bonchev–Trinajstić information content (AvgIpc) is 3.34. The van der Waals surface area contributed by atoms with Gasteiger partial charge in [-0.2, -0.15) is 0 Å². The summed E-state index contributed by atoms with van der Waals surface area (Å²) in [5, 5.41) is 0. The lowest BCUT2D eigenvalue weighted by Gasteiger charge is -2.37. The molecule has 2 fully saturated rings. The zero-order chi connectivity index (χ0) is 20.2. The maximum Gasteiger partial charge on any atom is 0.410 e. The van der Waals surface area contributed by atoms with Crippen molar-refractivity contribution in [2.24, 2.45) is 0 Å². The molecule has 0 spiro atoms. The standard InChI is InChI=1S/C22H26N2O5/c1-16(25)27-14-20-8-7-19(29-20)13-23-11-9-18(10-12-23)24-21(15-28-22(24)26)17-5-3-2-4-6-17/h2-8,18,21H,9-15H2,1H3/t21-/m0/s1. The summed E-state index contributed by atoms with van der Waals surface area (Å²) in [4.78, 5) is 27.5. The molecule has 0 aliphatic carbocycles. The molecule has 0 radical (unpaired) electrons. The van der Waals surface area contributed by atoms with Gasteiger partial charge in [0.05, 0.1) is 12.6 Å². The number of furan rings is 1. The number of cyclic esters (lactones) is 1. The molecule has 4 rings (SSSR count). The number of likely N-dealkylation sites (tertiary alicyclic amines) is 1. The van der Waals surface area contributed by atoms with E-state index in [4.69, 9.17) is 13.9 Å². The topological polar surface area (TPSA) is 72.2 Å². The highest BCUT2D eigenvalue weighted by molar-refractivity contribution is 5.71. The van der Waals surface area contributed by atoms with Crippen LogP contribution in [0.5, 0.6) is 0 Å². The van der Waals surface area contributed by atoms with Crippen LogP contribution < -0.4 is 0 Å². The van der Waals surface area contributed by atoms with Crippen LogP contribution in [-0.4, -0.2) is 47.6 Å². The van der Waals surface area contributed by atoms with Gasteiger partial charge in [-0.3, -0.25) is 14.6 Å². The van der Waals surface area contributed by atoms with Gasteiger partial charge in [0.2, 0.25) is 0 Å². The molecule has 7 nitrogen and oxygen atoms in total. The van der Waals surface area contributed by atoms with Crippen molar-refractivity contribution in [3.05, 3.63) is 59.5 Å². The molecule has 2 aliphatic heterocycles. The first-order valence-corrected chi connectivity index (χ1v) is 10.0. The molecule has 7 heteroatoms. The summed E-state index contributed by atoms with van der Waals surface area (Å²) in [7, 11) is 0. The first kappa shape index (κ1) is 19.5. The van der Waals surface area contributed by atoms with Crippen molar-refractivity contribution in [3.8, 4) is 0 Å². The predicted octanol–water partition coefficient (Wildman–Crippen LogP) is 3.50. The van der Waals surface area contributed by atoms with E-state index in [1.807, 2.05) is 35.2 Å². The molecule has 2 aliphatic rings. The summed E-state index contributed by atoms with van der Waals surface area (Å²) in [6.45, 7) is 4.44. The first-order chi connectivity index (χ1) is 14.1. The van der Waals surface area contributed by atoms with Gasteiger partial charge in [-0.05, 0) is 30.5 Å². The monoisotopic (exact) mass is 398 g/mol. The van der Waals surface area contributed by atoms with Crippen LogP contribution in [0.25, 0.3) is 0 Å². The lowest BCUT2D eigenvalue weighted by atomic mass is 9.99. The summed E-state index contributed by atoms with van der Waals surface area (Å²) in [5.41, 5.74) is 1.12. The third kappa shape index (κ3) is 4.62. The van der Waals surface area contributed by atoms with Crippen molar-refractivity contribution >= 4 is 12.1 Å². The second kappa shape index (κ2) is 8.69. The van der Waals surface area contributed by atoms with E-state index < -0.39 is 0 Å². The Kier molecular flexibility index (Phi) is 5.85. The minimum absolute atomic E-state index is 0.00541. The van der Waals surface area contributed by atoms with E-state index in [1.165, 1.54) is 6.92 Å². The minimum atomic E-state index is -0.320. The minimum Gasteiger partial charge on any atom is -0.461 e. The van der Waals surface area contributed by atoms with Gasteiger partial charge >= 0.3 is 12.1 Å². The highest BCUT2D eigenvalue weighted by Crippen LogP contribution is 2.33. The average molecular weight is 398 g/mol. The van der Waals surface area contributed by atoms with E-state index in [9.17, 15) is 9.59 Å². The molecular weight excluding hydrogens is 372 g/mol. The Morgan fingerprint density at radius 3 is 2.55 bits per heavy atom. The largest absolute Gasteiger partial charge is 0.461 e. The van der Waals surface area contributed by atoms with E-state index in [0.717, 1.165) is 37.3 Å². The Bertz CT molecular complexity index is 842. The molecular formula is C22H26N2O5. The van der Waals surface area contributed by atoms with Gasteiger partial charge in [-0.25, -0.2) is 4.79 Å². The van der Waals surface area contributed by atoms with Crippen LogP contribution in [0.3, 0.4) is 0 Å². The number of rotatable bonds is 6. The van der Waals surface area contributed by atoms with E-state index in [-0.39, 0.29) is 30.8 Å². The van der Waals surface area contributed by atoms with Gasteiger partial charge < -0.3 is 13.9 Å². The maximum atomic E-state index is 12.4. The Morgan fingerprint density at radius 1 is 1.10 bits per heavy atom. The summed E-state index contributed by atoms with van der Waals surface area (Å²) >= 11 is 0. The number of carbonyl (C=O) groups excluding carboxylic acids is 2. The third-order valence-corrected chi connectivity index (χ3v) is 5.56. The number of esters is 1. The highest BCUT2D eigenvalue weighted by atomic mass is 16.6. The molecule has 1 atom stereocenters. The molecule has 3 heterocycles. The molecule has 0 unspecified atom stereocenters. The van der Waals surface area contributed by atoms with E-state index >= 15 is 0 Å². The van der Waals surface area contributed by atoms with Gasteiger partial charge in [-0.1, -0.05) is 30.3 Å². The van der Waals surface area contributed by atoms with Crippen molar-refractivity contribution in [2.75, 3.05) is 19.7 Å². The number of hydrogen-bond acceptors (Lipinski definition) is 6. The van der Waals surface area contributed by atoms with Gasteiger partial charge in [-0.15, -0.1) is 0 Å². The molecule has 0 N–H and O–H groups in total. The van der Waals surface area contributed by atoms with E-state index in [0.29, 0.717) is 18.9 Å². The fourth-order valence-electron chi connectivity index (χ4n) is 4.10. The molecule has 29 heavy (non-hydrogen) atoms. The van der Waals surface area contributed by atoms with Crippen molar-refractivity contribution in [2.45, 2.75) is 45.0 Å². The molecule has 1 aromatic heterocycles. The Hall–Kier alpha value is -2.80. The molecule has 1 amide bonds. The number of benzene rings is 1. The van der Waals surface area contributed by atoms with Crippen LogP contribution in [0.2, 0.25) is 0 Å². The normalized spacial score (nSPS) is 20.7. The zero-order valence-electron chi connectivity index (χ0n) is 16.6. The molecule has 1 aromatic carbocycles. The van der Waals surface area contributed by atoms with Crippen molar-refractivity contribution in [1.29, 1.82) is 0 Å².